The van der Waals surface area contributed by atoms with Crippen LogP contribution in [0.5, 0.6) is 0 Å². The van der Waals surface area contributed by atoms with Crippen molar-refractivity contribution in [2.75, 3.05) is 0 Å². The molecule has 0 spiro atoms. The molecular formula is C9H2F8N2. The maximum Gasteiger partial charge on any atom is 0.458 e. The van der Waals surface area contributed by atoms with E-state index in [4.69, 9.17) is 5.26 Å². The Hall–Kier alpha value is -1.92. The fourth-order valence-corrected chi connectivity index (χ4v) is 1.15. The van der Waals surface area contributed by atoms with Gasteiger partial charge in [-0.15, -0.1) is 0 Å². The summed E-state index contributed by atoms with van der Waals surface area (Å²) in [4.78, 5) is 2.81. The molecule has 1 aromatic rings. The summed E-state index contributed by atoms with van der Waals surface area (Å²) in [6, 6.07) is 0.962. The molecule has 1 aromatic heterocycles. The molecule has 0 saturated heterocycles. The van der Waals surface area contributed by atoms with Crippen LogP contribution in [0.25, 0.3) is 0 Å². The number of alkyl halides is 8. The van der Waals surface area contributed by atoms with E-state index in [0.29, 0.717) is 0 Å². The molecule has 1 rings (SSSR count). The summed E-state index contributed by atoms with van der Waals surface area (Å²) in [6.45, 7) is 0. The van der Waals surface area contributed by atoms with E-state index in [1.54, 1.807) is 0 Å². The van der Waals surface area contributed by atoms with E-state index >= 15 is 0 Å². The fourth-order valence-electron chi connectivity index (χ4n) is 1.15. The van der Waals surface area contributed by atoms with Crippen LogP contribution in [0, 0.1) is 11.3 Å². The number of halogens is 8. The van der Waals surface area contributed by atoms with Crippen LogP contribution in [-0.2, 0) is 12.1 Å². The summed E-state index contributed by atoms with van der Waals surface area (Å²) in [5.41, 5.74) is -5.51. The molecule has 0 fully saturated rings. The zero-order valence-corrected chi connectivity index (χ0v) is 8.57. The van der Waals surface area contributed by atoms with Crippen molar-refractivity contribution < 1.29 is 35.1 Å². The van der Waals surface area contributed by atoms with Gasteiger partial charge in [0.15, 0.2) is 0 Å². The Balaban J connectivity index is 3.58. The van der Waals surface area contributed by atoms with Gasteiger partial charge in [0.25, 0.3) is 0 Å². The normalized spacial score (nSPS) is 13.2. The van der Waals surface area contributed by atoms with Crippen LogP contribution in [0.3, 0.4) is 0 Å². The van der Waals surface area contributed by atoms with Gasteiger partial charge in [-0.3, -0.25) is 0 Å². The van der Waals surface area contributed by atoms with Crippen molar-refractivity contribution in [3.05, 3.63) is 29.1 Å². The van der Waals surface area contributed by atoms with E-state index in [1.165, 1.54) is 0 Å². The second-order valence-electron chi connectivity index (χ2n) is 3.30. The van der Waals surface area contributed by atoms with E-state index in [0.717, 1.165) is 6.07 Å². The molecule has 10 heteroatoms. The molecule has 104 valence electrons. The van der Waals surface area contributed by atoms with Crippen LogP contribution in [-0.4, -0.2) is 11.2 Å². The number of nitrogens with zero attached hydrogens (tertiary/aromatic N) is 2. The molecule has 0 aliphatic rings. The first kappa shape index (κ1) is 15.1. The smallest absolute Gasteiger partial charge is 0.245 e. The SMILES string of the molecule is N#Cc1cc(C(F)(F)F)c(C(F)(F)C(F)(F)F)cn1. The molecule has 0 N–H and O–H groups in total. The van der Waals surface area contributed by atoms with E-state index in [-0.39, 0.29) is 12.3 Å². The Morgan fingerprint density at radius 1 is 0.947 bits per heavy atom. The molecule has 0 radical (unpaired) electrons. The monoisotopic (exact) mass is 290 g/mol. The highest BCUT2D eigenvalue weighted by Crippen LogP contribution is 2.47. The highest BCUT2D eigenvalue weighted by atomic mass is 19.4. The average molecular weight is 290 g/mol. The van der Waals surface area contributed by atoms with Gasteiger partial charge in [-0.05, 0) is 6.07 Å². The minimum atomic E-state index is -6.21. The lowest BCUT2D eigenvalue weighted by atomic mass is 10.0. The van der Waals surface area contributed by atoms with E-state index in [1.807, 2.05) is 0 Å². The maximum atomic E-state index is 12.9. The Morgan fingerprint density at radius 3 is 1.84 bits per heavy atom. The molecule has 1 heterocycles. The number of hydrogen-bond acceptors (Lipinski definition) is 2. The highest BCUT2D eigenvalue weighted by Gasteiger charge is 2.61. The van der Waals surface area contributed by atoms with Crippen LogP contribution < -0.4 is 0 Å². The molecule has 0 bridgehead atoms. The van der Waals surface area contributed by atoms with E-state index in [2.05, 4.69) is 4.98 Å². The van der Waals surface area contributed by atoms with Gasteiger partial charge >= 0.3 is 18.3 Å². The summed E-state index contributed by atoms with van der Waals surface area (Å²) < 4.78 is 99.4. The highest BCUT2D eigenvalue weighted by molar-refractivity contribution is 5.37. The van der Waals surface area contributed by atoms with E-state index < -0.39 is 35.1 Å². The lowest BCUT2D eigenvalue weighted by molar-refractivity contribution is -0.291. The molecule has 0 unspecified atom stereocenters. The van der Waals surface area contributed by atoms with Crippen molar-refractivity contribution in [1.29, 1.82) is 5.26 Å². The predicted octanol–water partition coefficient (Wildman–Crippen LogP) is 3.63. The fraction of sp³-hybridized carbons (Fsp3) is 0.333. The maximum absolute atomic E-state index is 12.9. The molecule has 19 heavy (non-hydrogen) atoms. The predicted molar refractivity (Wildman–Crippen MR) is 43.9 cm³/mol. The molecule has 0 atom stereocenters. The van der Waals surface area contributed by atoms with Crippen molar-refractivity contribution in [3.8, 4) is 6.07 Å². The van der Waals surface area contributed by atoms with Gasteiger partial charge < -0.3 is 0 Å². The van der Waals surface area contributed by atoms with Gasteiger partial charge in [0.05, 0.1) is 11.1 Å². The van der Waals surface area contributed by atoms with Crippen LogP contribution in [0.4, 0.5) is 35.1 Å². The van der Waals surface area contributed by atoms with Crippen LogP contribution in [0.1, 0.15) is 16.8 Å². The lowest BCUT2D eigenvalue weighted by Gasteiger charge is -2.23. The molecule has 0 amide bonds. The first-order valence-corrected chi connectivity index (χ1v) is 4.33. The van der Waals surface area contributed by atoms with Crippen molar-refractivity contribution in [2.24, 2.45) is 0 Å². The average Bonchev–Trinajstić information content (AvgIpc) is 2.25. The van der Waals surface area contributed by atoms with Gasteiger partial charge in [0.2, 0.25) is 0 Å². The minimum Gasteiger partial charge on any atom is -0.245 e. The van der Waals surface area contributed by atoms with Gasteiger partial charge in [0.1, 0.15) is 11.8 Å². The third-order valence-corrected chi connectivity index (χ3v) is 2.02. The Labute approximate surface area is 99.8 Å². The van der Waals surface area contributed by atoms with E-state index in [9.17, 15) is 35.1 Å². The zero-order chi connectivity index (χ0) is 15.1. The number of rotatable bonds is 1. The molecule has 2 nitrogen and oxygen atoms in total. The number of aromatic nitrogens is 1. The molecule has 0 aromatic carbocycles. The second-order valence-corrected chi connectivity index (χ2v) is 3.30. The van der Waals surface area contributed by atoms with Crippen LogP contribution in [0.2, 0.25) is 0 Å². The Bertz CT molecular complexity index is 522. The number of hydrogen-bond donors (Lipinski definition) is 0. The second kappa shape index (κ2) is 4.32. The van der Waals surface area contributed by atoms with Gasteiger partial charge in [-0.1, -0.05) is 0 Å². The number of pyridine rings is 1. The third-order valence-electron chi connectivity index (χ3n) is 2.02. The molecule has 0 aliphatic carbocycles. The minimum absolute atomic E-state index is 0.158. The van der Waals surface area contributed by atoms with Gasteiger partial charge in [-0.2, -0.15) is 40.4 Å². The molecule has 0 saturated carbocycles. The van der Waals surface area contributed by atoms with Crippen LogP contribution in [0.15, 0.2) is 12.3 Å². The lowest BCUT2D eigenvalue weighted by Crippen LogP contribution is -2.36. The van der Waals surface area contributed by atoms with Crippen molar-refractivity contribution in [2.45, 2.75) is 18.3 Å². The molecule has 0 aliphatic heterocycles. The summed E-state index contributed by atoms with van der Waals surface area (Å²) in [7, 11) is 0. The van der Waals surface area contributed by atoms with Crippen LogP contribution >= 0.6 is 0 Å². The summed E-state index contributed by atoms with van der Waals surface area (Å²) in [6.07, 6.45) is -12.0. The van der Waals surface area contributed by atoms with Crippen molar-refractivity contribution in [1.82, 2.24) is 4.98 Å². The summed E-state index contributed by atoms with van der Waals surface area (Å²) in [5, 5.41) is 8.29. The van der Waals surface area contributed by atoms with Gasteiger partial charge in [-0.25, -0.2) is 4.98 Å². The topological polar surface area (TPSA) is 36.7 Å². The first-order chi connectivity index (χ1) is 8.41. The quantitative estimate of drug-likeness (QED) is 0.741. The largest absolute Gasteiger partial charge is 0.458 e. The first-order valence-electron chi connectivity index (χ1n) is 4.33. The van der Waals surface area contributed by atoms with Gasteiger partial charge in [0, 0.05) is 6.20 Å². The third kappa shape index (κ3) is 2.74. The number of nitriles is 1. The molecular weight excluding hydrogens is 288 g/mol. The summed E-state index contributed by atoms with van der Waals surface area (Å²) >= 11 is 0. The Kier molecular flexibility index (Phi) is 3.45. The Morgan fingerprint density at radius 2 is 1.47 bits per heavy atom. The summed E-state index contributed by atoms with van der Waals surface area (Å²) in [5.74, 6) is -5.72. The van der Waals surface area contributed by atoms with Crippen molar-refractivity contribution in [3.63, 3.8) is 0 Å². The standard InChI is InChI=1S/C9H2F8N2/c10-7(11,9(15,16)17)6-3-19-4(2-18)1-5(6)8(12,13)14/h1,3H. The zero-order valence-electron chi connectivity index (χ0n) is 8.57. The van der Waals surface area contributed by atoms with Crippen molar-refractivity contribution >= 4 is 0 Å².